The van der Waals surface area contributed by atoms with E-state index in [2.05, 4.69) is 4.74 Å². The van der Waals surface area contributed by atoms with Crippen LogP contribution in [0.5, 0.6) is 0 Å². The lowest BCUT2D eigenvalue weighted by Crippen LogP contribution is -2.65. The Hall–Kier alpha value is -1.63. The van der Waals surface area contributed by atoms with Gasteiger partial charge in [0.05, 0.1) is 0 Å². The molecule has 1 aliphatic heterocycles. The van der Waals surface area contributed by atoms with Crippen molar-refractivity contribution in [3.8, 4) is 0 Å². The SMILES string of the molecule is O=C1OC(=C(C(F)(F)F)C(F)(F)F)C1(C(F)(F)F)C(F)(F)F. The average Bonchev–Trinajstić information content (AvgIpc) is 2.05. The predicted molar refractivity (Wildman–Crippen MR) is 39.8 cm³/mol. The lowest BCUT2D eigenvalue weighted by Gasteiger charge is -2.44. The summed E-state index contributed by atoms with van der Waals surface area (Å²) < 4.78 is 151. The van der Waals surface area contributed by atoms with E-state index in [0.717, 1.165) is 0 Å². The molecule has 0 aromatic rings. The molecule has 22 heavy (non-hydrogen) atoms. The van der Waals surface area contributed by atoms with Crippen LogP contribution in [0.25, 0.3) is 0 Å². The third-order valence-electron chi connectivity index (χ3n) is 2.49. The maximum absolute atomic E-state index is 12.5. The van der Waals surface area contributed by atoms with Crippen LogP contribution in [0.1, 0.15) is 0 Å². The second kappa shape index (κ2) is 4.44. The van der Waals surface area contributed by atoms with E-state index in [1.54, 1.807) is 0 Å². The van der Waals surface area contributed by atoms with Crippen molar-refractivity contribution in [2.75, 3.05) is 0 Å². The van der Waals surface area contributed by atoms with Crippen LogP contribution >= 0.6 is 0 Å². The molecule has 0 aliphatic carbocycles. The molecule has 0 radical (unpaired) electrons. The summed E-state index contributed by atoms with van der Waals surface area (Å²) in [5, 5.41) is 0. The maximum atomic E-state index is 12.5. The van der Waals surface area contributed by atoms with E-state index in [9.17, 15) is 57.5 Å². The third-order valence-corrected chi connectivity index (χ3v) is 2.49. The molecule has 1 aliphatic rings. The molecule has 2 nitrogen and oxygen atoms in total. The summed E-state index contributed by atoms with van der Waals surface area (Å²) in [5.41, 5.74) is -10.2. The zero-order valence-electron chi connectivity index (χ0n) is 9.35. The number of alkyl halides is 12. The minimum atomic E-state index is -6.82. The summed E-state index contributed by atoms with van der Waals surface area (Å²) in [6, 6.07) is 0. The fraction of sp³-hybridized carbons (Fsp3) is 0.625. The summed E-state index contributed by atoms with van der Waals surface area (Å²) in [5.74, 6) is -6.91. The molecule has 1 rings (SSSR count). The minimum Gasteiger partial charge on any atom is -0.427 e. The zero-order chi connectivity index (χ0) is 17.9. The van der Waals surface area contributed by atoms with Gasteiger partial charge in [-0.05, 0) is 0 Å². The number of carbonyl (C=O) groups excluding carboxylic acids is 1. The van der Waals surface area contributed by atoms with Crippen molar-refractivity contribution < 1.29 is 62.2 Å². The van der Waals surface area contributed by atoms with Crippen LogP contribution in [0.15, 0.2) is 11.3 Å². The molecule has 14 heteroatoms. The van der Waals surface area contributed by atoms with Gasteiger partial charge in [0.2, 0.25) is 0 Å². The highest BCUT2D eigenvalue weighted by atomic mass is 19.4. The second-order valence-corrected chi connectivity index (χ2v) is 3.83. The van der Waals surface area contributed by atoms with Crippen molar-refractivity contribution in [3.05, 3.63) is 11.3 Å². The molecule has 0 saturated carbocycles. The molecule has 0 spiro atoms. The number of rotatable bonds is 0. The fourth-order valence-corrected chi connectivity index (χ4v) is 1.60. The van der Waals surface area contributed by atoms with Crippen molar-refractivity contribution in [3.63, 3.8) is 0 Å². The van der Waals surface area contributed by atoms with E-state index < -0.39 is 47.4 Å². The highest BCUT2D eigenvalue weighted by molar-refractivity contribution is 5.90. The Morgan fingerprint density at radius 2 is 1.05 bits per heavy atom. The van der Waals surface area contributed by atoms with Gasteiger partial charge in [0.1, 0.15) is 0 Å². The van der Waals surface area contributed by atoms with Crippen LogP contribution in [-0.2, 0) is 9.53 Å². The first-order valence-electron chi connectivity index (χ1n) is 4.63. The van der Waals surface area contributed by atoms with Crippen LogP contribution < -0.4 is 0 Å². The van der Waals surface area contributed by atoms with Gasteiger partial charge in [-0.15, -0.1) is 0 Å². The standard InChI is InChI=1S/C8F12O2/c9-5(10,11)1(6(12,13)14)2-4(3(21)22-2,7(15,16)17)8(18,19)20. The second-order valence-electron chi connectivity index (χ2n) is 3.83. The van der Waals surface area contributed by atoms with Gasteiger partial charge in [-0.1, -0.05) is 0 Å². The van der Waals surface area contributed by atoms with Crippen LogP contribution in [0.4, 0.5) is 52.7 Å². The smallest absolute Gasteiger partial charge is 0.424 e. The number of halogens is 12. The van der Waals surface area contributed by atoms with Crippen LogP contribution in [0, 0.1) is 5.41 Å². The van der Waals surface area contributed by atoms with Gasteiger partial charge in [0, 0.05) is 0 Å². The summed E-state index contributed by atoms with van der Waals surface area (Å²) in [6.07, 6.45) is -27.0. The van der Waals surface area contributed by atoms with E-state index in [-0.39, 0.29) is 0 Å². The molecule has 0 aromatic heterocycles. The van der Waals surface area contributed by atoms with Crippen molar-refractivity contribution in [2.45, 2.75) is 24.7 Å². The lowest BCUT2D eigenvalue weighted by molar-refractivity contribution is -0.349. The van der Waals surface area contributed by atoms with E-state index in [4.69, 9.17) is 0 Å². The van der Waals surface area contributed by atoms with Gasteiger partial charge >= 0.3 is 36.1 Å². The molecule has 128 valence electrons. The molecule has 0 bridgehead atoms. The Bertz CT molecular complexity index is 483. The highest BCUT2D eigenvalue weighted by Crippen LogP contribution is 2.64. The Morgan fingerprint density at radius 1 is 0.727 bits per heavy atom. The average molecular weight is 356 g/mol. The molecule has 1 heterocycles. The van der Waals surface area contributed by atoms with Crippen LogP contribution in [0.3, 0.4) is 0 Å². The first-order valence-corrected chi connectivity index (χ1v) is 4.63. The third kappa shape index (κ3) is 2.37. The molecule has 0 atom stereocenters. The Morgan fingerprint density at radius 3 is 1.23 bits per heavy atom. The van der Waals surface area contributed by atoms with Crippen molar-refractivity contribution in [1.82, 2.24) is 0 Å². The van der Waals surface area contributed by atoms with Gasteiger partial charge in [-0.2, -0.15) is 52.7 Å². The number of hydrogen-bond acceptors (Lipinski definition) is 2. The summed E-state index contributed by atoms with van der Waals surface area (Å²) >= 11 is 0. The summed E-state index contributed by atoms with van der Waals surface area (Å²) in [7, 11) is 0. The van der Waals surface area contributed by atoms with Gasteiger partial charge in [-0.3, -0.25) is 0 Å². The van der Waals surface area contributed by atoms with E-state index in [1.807, 2.05) is 0 Å². The number of ether oxygens (including phenoxy) is 1. The molecule has 0 aromatic carbocycles. The number of carbonyl (C=O) groups is 1. The zero-order valence-corrected chi connectivity index (χ0v) is 9.35. The quantitative estimate of drug-likeness (QED) is 0.484. The molecular weight excluding hydrogens is 356 g/mol. The summed E-state index contributed by atoms with van der Waals surface area (Å²) in [6.45, 7) is 0. The molecule has 0 N–H and O–H groups in total. The van der Waals surface area contributed by atoms with E-state index in [1.165, 1.54) is 0 Å². The van der Waals surface area contributed by atoms with Gasteiger partial charge < -0.3 is 4.74 Å². The lowest BCUT2D eigenvalue weighted by atomic mass is 9.77. The fourth-order valence-electron chi connectivity index (χ4n) is 1.60. The maximum Gasteiger partial charge on any atom is 0.424 e. The predicted octanol–water partition coefficient (Wildman–Crippen LogP) is 4.03. The van der Waals surface area contributed by atoms with E-state index >= 15 is 0 Å². The number of allylic oxidation sites excluding steroid dienone is 1. The molecule has 1 fully saturated rings. The number of cyclic esters (lactones) is 1. The first kappa shape index (κ1) is 18.4. The summed E-state index contributed by atoms with van der Waals surface area (Å²) in [4.78, 5) is 10.6. The molecular formula is C8F12O2. The molecule has 0 amide bonds. The van der Waals surface area contributed by atoms with Gasteiger partial charge in [-0.25, -0.2) is 4.79 Å². The van der Waals surface area contributed by atoms with Crippen LogP contribution in [0.2, 0.25) is 0 Å². The minimum absolute atomic E-state index is 2.88. The monoisotopic (exact) mass is 356 g/mol. The van der Waals surface area contributed by atoms with E-state index in [0.29, 0.717) is 0 Å². The first-order chi connectivity index (χ1) is 9.38. The Kier molecular flexibility index (Phi) is 3.72. The Labute approximate surface area is 111 Å². The topological polar surface area (TPSA) is 26.3 Å². The van der Waals surface area contributed by atoms with Crippen molar-refractivity contribution >= 4 is 5.97 Å². The van der Waals surface area contributed by atoms with Crippen LogP contribution in [-0.4, -0.2) is 30.7 Å². The number of esters is 1. The van der Waals surface area contributed by atoms with Crippen molar-refractivity contribution in [2.24, 2.45) is 5.41 Å². The van der Waals surface area contributed by atoms with Gasteiger partial charge in [0.15, 0.2) is 11.3 Å². The van der Waals surface area contributed by atoms with Gasteiger partial charge in [0.25, 0.3) is 0 Å². The van der Waals surface area contributed by atoms with Crippen molar-refractivity contribution in [1.29, 1.82) is 0 Å². The normalized spacial score (nSPS) is 19.6. The Balaban J connectivity index is 3.86. The highest BCUT2D eigenvalue weighted by Gasteiger charge is 2.87. The molecule has 0 unspecified atom stereocenters. The molecule has 1 saturated heterocycles. The number of hydrogen-bond donors (Lipinski definition) is 0. The largest absolute Gasteiger partial charge is 0.427 e.